The minimum Gasteiger partial charge on any atom is -0.369 e. The summed E-state index contributed by atoms with van der Waals surface area (Å²) in [6.45, 7) is 6.33. The Hall–Kier alpha value is -2.87. The SMILES string of the molecule is Cc1nc2ccccc2n(CCCCN2CCN(c3cccc(C(F)(F)F)c3)CC2)c1=O. The van der Waals surface area contributed by atoms with Crippen molar-refractivity contribution >= 4 is 16.7 Å². The van der Waals surface area contributed by atoms with Crippen molar-refractivity contribution in [2.45, 2.75) is 32.5 Å². The number of hydrogen-bond acceptors (Lipinski definition) is 4. The van der Waals surface area contributed by atoms with Crippen LogP contribution < -0.4 is 10.5 Å². The summed E-state index contributed by atoms with van der Waals surface area (Å²) in [5, 5.41) is 0. The Bertz CT molecular complexity index is 1130. The predicted octanol–water partition coefficient (Wildman–Crippen LogP) is 4.33. The Morgan fingerprint density at radius 3 is 2.41 bits per heavy atom. The van der Waals surface area contributed by atoms with Gasteiger partial charge in [0.05, 0.1) is 16.6 Å². The van der Waals surface area contributed by atoms with E-state index in [1.165, 1.54) is 12.1 Å². The largest absolute Gasteiger partial charge is 0.416 e. The van der Waals surface area contributed by atoms with Crippen LogP contribution in [0.5, 0.6) is 0 Å². The summed E-state index contributed by atoms with van der Waals surface area (Å²) in [4.78, 5) is 21.3. The van der Waals surface area contributed by atoms with Crippen LogP contribution in [0, 0.1) is 6.92 Å². The fourth-order valence-corrected chi connectivity index (χ4v) is 4.26. The highest BCUT2D eigenvalue weighted by Crippen LogP contribution is 2.31. The second-order valence-corrected chi connectivity index (χ2v) is 8.23. The van der Waals surface area contributed by atoms with E-state index in [0.717, 1.165) is 49.6 Å². The molecule has 170 valence electrons. The fourth-order valence-electron chi connectivity index (χ4n) is 4.26. The summed E-state index contributed by atoms with van der Waals surface area (Å²) in [5.74, 6) is 0. The molecule has 0 amide bonds. The summed E-state index contributed by atoms with van der Waals surface area (Å²) in [5.41, 5.74) is 2.17. The van der Waals surface area contributed by atoms with Crippen LogP contribution in [0.15, 0.2) is 53.3 Å². The van der Waals surface area contributed by atoms with Gasteiger partial charge < -0.3 is 9.47 Å². The number of halogens is 3. The first kappa shape index (κ1) is 22.3. The fraction of sp³-hybridized carbons (Fsp3) is 0.417. The zero-order valence-electron chi connectivity index (χ0n) is 18.1. The number of aromatic nitrogens is 2. The van der Waals surface area contributed by atoms with Crippen LogP contribution in [0.3, 0.4) is 0 Å². The van der Waals surface area contributed by atoms with Crippen LogP contribution in [0.1, 0.15) is 24.1 Å². The van der Waals surface area contributed by atoms with Gasteiger partial charge in [-0.2, -0.15) is 13.2 Å². The summed E-state index contributed by atoms with van der Waals surface area (Å²) in [6, 6.07) is 13.2. The lowest BCUT2D eigenvalue weighted by Gasteiger charge is -2.36. The zero-order valence-corrected chi connectivity index (χ0v) is 18.1. The lowest BCUT2D eigenvalue weighted by Crippen LogP contribution is -2.46. The third-order valence-corrected chi connectivity index (χ3v) is 6.03. The van der Waals surface area contributed by atoms with Crippen LogP contribution in [-0.4, -0.2) is 47.2 Å². The maximum absolute atomic E-state index is 13.0. The lowest BCUT2D eigenvalue weighted by molar-refractivity contribution is -0.137. The molecule has 0 aliphatic carbocycles. The van der Waals surface area contributed by atoms with Gasteiger partial charge in [-0.05, 0) is 56.6 Å². The summed E-state index contributed by atoms with van der Waals surface area (Å²) < 4.78 is 40.7. The summed E-state index contributed by atoms with van der Waals surface area (Å²) in [6.07, 6.45) is -2.49. The minimum absolute atomic E-state index is 0.0431. The van der Waals surface area contributed by atoms with E-state index < -0.39 is 11.7 Å². The van der Waals surface area contributed by atoms with E-state index in [1.807, 2.05) is 33.7 Å². The van der Waals surface area contributed by atoms with Gasteiger partial charge in [0.2, 0.25) is 0 Å². The molecule has 0 N–H and O–H groups in total. The van der Waals surface area contributed by atoms with Crippen LogP contribution in [-0.2, 0) is 12.7 Å². The average molecular weight is 445 g/mol. The number of hydrogen-bond donors (Lipinski definition) is 0. The molecule has 1 aliphatic heterocycles. The number of fused-ring (bicyclic) bond motifs is 1. The minimum atomic E-state index is -4.32. The number of para-hydroxylation sites is 2. The molecular formula is C24H27F3N4O. The molecule has 1 fully saturated rings. The van der Waals surface area contributed by atoms with Crippen molar-refractivity contribution in [3.8, 4) is 0 Å². The molecule has 8 heteroatoms. The molecule has 2 heterocycles. The van der Waals surface area contributed by atoms with E-state index in [4.69, 9.17) is 0 Å². The molecule has 1 aromatic heterocycles. The zero-order chi connectivity index (χ0) is 22.7. The summed E-state index contributed by atoms with van der Waals surface area (Å²) in [7, 11) is 0. The summed E-state index contributed by atoms with van der Waals surface area (Å²) >= 11 is 0. The highest BCUT2D eigenvalue weighted by molar-refractivity contribution is 5.74. The predicted molar refractivity (Wildman–Crippen MR) is 120 cm³/mol. The maximum atomic E-state index is 13.0. The van der Waals surface area contributed by atoms with Crippen LogP contribution in [0.25, 0.3) is 11.0 Å². The lowest BCUT2D eigenvalue weighted by atomic mass is 10.1. The quantitative estimate of drug-likeness (QED) is 0.531. The van der Waals surface area contributed by atoms with E-state index in [1.54, 1.807) is 13.0 Å². The normalized spacial score (nSPS) is 15.4. The van der Waals surface area contributed by atoms with Gasteiger partial charge in [-0.1, -0.05) is 18.2 Å². The number of anilines is 1. The number of piperazine rings is 1. The molecule has 0 unspecified atom stereocenters. The highest BCUT2D eigenvalue weighted by Gasteiger charge is 2.31. The van der Waals surface area contributed by atoms with E-state index in [9.17, 15) is 18.0 Å². The smallest absolute Gasteiger partial charge is 0.369 e. The molecule has 32 heavy (non-hydrogen) atoms. The van der Waals surface area contributed by atoms with Gasteiger partial charge >= 0.3 is 6.18 Å². The molecule has 0 atom stereocenters. The molecule has 2 aromatic carbocycles. The standard InChI is InChI=1S/C24H27F3N4O/c1-18-23(32)31(22-10-3-2-9-21(22)28-18)12-5-4-11-29-13-15-30(16-14-29)20-8-6-7-19(17-20)24(25,26)27/h2-3,6-10,17H,4-5,11-16H2,1H3. The Morgan fingerprint density at radius 2 is 1.66 bits per heavy atom. The second kappa shape index (κ2) is 9.32. The Morgan fingerprint density at radius 1 is 0.938 bits per heavy atom. The van der Waals surface area contributed by atoms with Crippen LogP contribution in [0.4, 0.5) is 18.9 Å². The van der Waals surface area contributed by atoms with Crippen LogP contribution in [0.2, 0.25) is 0 Å². The highest BCUT2D eigenvalue weighted by atomic mass is 19.4. The van der Waals surface area contributed by atoms with Crippen molar-refractivity contribution in [3.63, 3.8) is 0 Å². The third kappa shape index (κ3) is 4.96. The number of unbranched alkanes of at least 4 members (excludes halogenated alkanes) is 1. The molecule has 5 nitrogen and oxygen atoms in total. The van der Waals surface area contributed by atoms with E-state index in [2.05, 4.69) is 9.88 Å². The molecule has 1 aliphatic rings. The molecule has 0 saturated carbocycles. The Balaban J connectivity index is 1.28. The monoisotopic (exact) mass is 444 g/mol. The molecule has 0 radical (unpaired) electrons. The van der Waals surface area contributed by atoms with Gasteiger partial charge in [0, 0.05) is 38.4 Å². The average Bonchev–Trinajstić information content (AvgIpc) is 2.79. The molecule has 3 aromatic rings. The number of benzene rings is 2. The first-order valence-electron chi connectivity index (χ1n) is 10.9. The number of nitrogens with zero attached hydrogens (tertiary/aromatic N) is 4. The first-order chi connectivity index (χ1) is 15.3. The Kier molecular flexibility index (Phi) is 6.50. The van der Waals surface area contributed by atoms with Gasteiger partial charge in [-0.15, -0.1) is 0 Å². The molecule has 0 bridgehead atoms. The van der Waals surface area contributed by atoms with E-state index >= 15 is 0 Å². The molecule has 4 rings (SSSR count). The molecule has 1 saturated heterocycles. The van der Waals surface area contributed by atoms with Crippen molar-refractivity contribution in [1.29, 1.82) is 0 Å². The van der Waals surface area contributed by atoms with Crippen molar-refractivity contribution in [2.75, 3.05) is 37.6 Å². The van der Waals surface area contributed by atoms with Gasteiger partial charge in [-0.25, -0.2) is 4.98 Å². The van der Waals surface area contributed by atoms with Crippen molar-refractivity contribution in [1.82, 2.24) is 14.5 Å². The maximum Gasteiger partial charge on any atom is 0.416 e. The van der Waals surface area contributed by atoms with Gasteiger partial charge in [0.25, 0.3) is 5.56 Å². The van der Waals surface area contributed by atoms with Crippen molar-refractivity contribution < 1.29 is 13.2 Å². The van der Waals surface area contributed by atoms with E-state index in [-0.39, 0.29) is 5.56 Å². The number of aryl methyl sites for hydroxylation is 2. The van der Waals surface area contributed by atoms with Gasteiger partial charge in [-0.3, -0.25) is 9.69 Å². The third-order valence-electron chi connectivity index (χ3n) is 6.03. The number of rotatable bonds is 6. The van der Waals surface area contributed by atoms with Crippen LogP contribution >= 0.6 is 0 Å². The molecular weight excluding hydrogens is 417 g/mol. The topological polar surface area (TPSA) is 41.4 Å². The first-order valence-corrected chi connectivity index (χ1v) is 10.9. The van der Waals surface area contributed by atoms with Gasteiger partial charge in [0.15, 0.2) is 0 Å². The van der Waals surface area contributed by atoms with Crippen molar-refractivity contribution in [2.24, 2.45) is 0 Å². The van der Waals surface area contributed by atoms with Gasteiger partial charge in [0.1, 0.15) is 5.69 Å². The van der Waals surface area contributed by atoms with E-state index in [0.29, 0.717) is 31.0 Å². The van der Waals surface area contributed by atoms with Crippen molar-refractivity contribution in [3.05, 3.63) is 70.1 Å². The molecule has 0 spiro atoms. The number of alkyl halides is 3. The Labute approximate surface area is 185 Å². The second-order valence-electron chi connectivity index (χ2n) is 8.23.